The van der Waals surface area contributed by atoms with Crippen LogP contribution in [0.2, 0.25) is 10.0 Å². The number of benzene rings is 4. The van der Waals surface area contributed by atoms with Crippen LogP contribution in [0.5, 0.6) is 11.5 Å². The molecule has 0 bridgehead atoms. The molecule has 222 valence electrons. The van der Waals surface area contributed by atoms with Gasteiger partial charge in [-0.2, -0.15) is 5.10 Å². The number of methoxy groups -OCH3 is 1. The minimum Gasteiger partial charge on any atom is -0.493 e. The van der Waals surface area contributed by atoms with Gasteiger partial charge in [0.25, 0.3) is 11.8 Å². The average molecular weight is 647 g/mol. The molecule has 0 saturated heterocycles. The van der Waals surface area contributed by atoms with Gasteiger partial charge in [0.2, 0.25) is 0 Å². The van der Waals surface area contributed by atoms with E-state index in [1.54, 1.807) is 54.6 Å². The number of rotatable bonds is 11. The molecular formula is C32H25Cl2N5O4S. The standard InChI is InChI=1S/C32H25Cl2N5O4S/c1-42-29-16-20(6-15-28(29)43-18-30(40)37-26-5-3-2-4-25(26)34)17-35-39-31(41)22-9-7-21(8-10-22)27-19-44-32(38-27)36-24-13-11-23(33)12-14-24/h2-17,19H,18H2,1H3,(H,36,38)(H,37,40)(H,39,41)/b35-17-. The summed E-state index contributed by atoms with van der Waals surface area (Å²) in [6.45, 7) is -0.242. The van der Waals surface area contributed by atoms with Crippen molar-refractivity contribution in [1.29, 1.82) is 0 Å². The zero-order valence-electron chi connectivity index (χ0n) is 23.2. The maximum atomic E-state index is 12.6. The Morgan fingerprint density at radius 3 is 2.48 bits per heavy atom. The van der Waals surface area contributed by atoms with Crippen molar-refractivity contribution in [3.05, 3.63) is 118 Å². The first-order valence-electron chi connectivity index (χ1n) is 13.1. The molecule has 0 atom stereocenters. The lowest BCUT2D eigenvalue weighted by atomic mass is 10.1. The number of thiazole rings is 1. The number of hydrogen-bond acceptors (Lipinski definition) is 8. The Morgan fingerprint density at radius 1 is 0.955 bits per heavy atom. The van der Waals surface area contributed by atoms with Gasteiger partial charge in [-0.15, -0.1) is 11.3 Å². The van der Waals surface area contributed by atoms with Gasteiger partial charge in [0, 0.05) is 27.2 Å². The van der Waals surface area contributed by atoms with Crippen molar-refractivity contribution in [3.63, 3.8) is 0 Å². The molecule has 0 fully saturated rings. The third-order valence-electron chi connectivity index (χ3n) is 6.12. The second-order valence-corrected chi connectivity index (χ2v) is 10.9. The van der Waals surface area contributed by atoms with Crippen molar-refractivity contribution >= 4 is 69.1 Å². The Balaban J connectivity index is 1.13. The number of carbonyl (C=O) groups is 2. The molecule has 0 aliphatic carbocycles. The Morgan fingerprint density at radius 2 is 1.73 bits per heavy atom. The predicted octanol–water partition coefficient (Wildman–Crippen LogP) is 7.65. The lowest BCUT2D eigenvalue weighted by Crippen LogP contribution is -2.20. The van der Waals surface area contributed by atoms with Crippen molar-refractivity contribution in [1.82, 2.24) is 10.4 Å². The normalized spacial score (nSPS) is 10.8. The zero-order chi connectivity index (χ0) is 30.9. The summed E-state index contributed by atoms with van der Waals surface area (Å²) < 4.78 is 11.0. The van der Waals surface area contributed by atoms with Gasteiger partial charge in [-0.1, -0.05) is 47.5 Å². The molecule has 5 rings (SSSR count). The van der Waals surface area contributed by atoms with Gasteiger partial charge in [0.15, 0.2) is 23.2 Å². The number of aromatic nitrogens is 1. The quantitative estimate of drug-likeness (QED) is 0.100. The van der Waals surface area contributed by atoms with E-state index in [0.29, 0.717) is 38.4 Å². The van der Waals surface area contributed by atoms with E-state index < -0.39 is 0 Å². The fourth-order valence-electron chi connectivity index (χ4n) is 3.92. The molecule has 3 N–H and O–H groups in total. The van der Waals surface area contributed by atoms with Gasteiger partial charge in [0.05, 0.1) is 29.7 Å². The molecule has 12 heteroatoms. The predicted molar refractivity (Wildman–Crippen MR) is 176 cm³/mol. The van der Waals surface area contributed by atoms with E-state index in [-0.39, 0.29) is 18.4 Å². The third kappa shape index (κ3) is 8.13. The highest BCUT2D eigenvalue weighted by Gasteiger charge is 2.11. The number of para-hydroxylation sites is 1. The molecule has 0 saturated carbocycles. The summed E-state index contributed by atoms with van der Waals surface area (Å²) in [5.74, 6) is 0.0303. The summed E-state index contributed by atoms with van der Waals surface area (Å²) in [5.41, 5.74) is 6.67. The van der Waals surface area contributed by atoms with Gasteiger partial charge in [-0.05, 0) is 72.3 Å². The number of nitrogens with zero attached hydrogens (tertiary/aromatic N) is 2. The molecule has 0 aliphatic heterocycles. The molecule has 2 amide bonds. The van der Waals surface area contributed by atoms with Gasteiger partial charge in [0.1, 0.15) is 0 Å². The first-order chi connectivity index (χ1) is 21.4. The number of amides is 2. The zero-order valence-corrected chi connectivity index (χ0v) is 25.5. The molecule has 4 aromatic carbocycles. The van der Waals surface area contributed by atoms with Gasteiger partial charge >= 0.3 is 0 Å². The summed E-state index contributed by atoms with van der Waals surface area (Å²) in [6, 6.07) is 26.4. The Bertz CT molecular complexity index is 1790. The largest absolute Gasteiger partial charge is 0.493 e. The summed E-state index contributed by atoms with van der Waals surface area (Å²) in [4.78, 5) is 29.5. The van der Waals surface area contributed by atoms with Crippen LogP contribution in [0, 0.1) is 0 Å². The average Bonchev–Trinajstić information content (AvgIpc) is 3.51. The van der Waals surface area contributed by atoms with Crippen LogP contribution in [-0.2, 0) is 4.79 Å². The summed E-state index contributed by atoms with van der Waals surface area (Å²) >= 11 is 13.5. The molecule has 0 unspecified atom stereocenters. The number of carbonyl (C=O) groups excluding carboxylic acids is 2. The second-order valence-electron chi connectivity index (χ2n) is 9.17. The monoisotopic (exact) mass is 645 g/mol. The van der Waals surface area contributed by atoms with Crippen LogP contribution in [-0.4, -0.2) is 36.7 Å². The number of anilines is 3. The maximum absolute atomic E-state index is 12.6. The molecule has 1 aromatic heterocycles. The molecule has 5 aromatic rings. The van der Waals surface area contributed by atoms with Crippen molar-refractivity contribution in [2.45, 2.75) is 0 Å². The summed E-state index contributed by atoms with van der Waals surface area (Å²) in [7, 11) is 1.49. The molecule has 9 nitrogen and oxygen atoms in total. The smallest absolute Gasteiger partial charge is 0.271 e. The van der Waals surface area contributed by atoms with Crippen LogP contribution in [0.4, 0.5) is 16.5 Å². The molecule has 1 heterocycles. The van der Waals surface area contributed by atoms with E-state index >= 15 is 0 Å². The first-order valence-corrected chi connectivity index (χ1v) is 14.8. The van der Waals surface area contributed by atoms with Gasteiger partial charge in [-0.3, -0.25) is 9.59 Å². The van der Waals surface area contributed by atoms with Gasteiger partial charge < -0.3 is 20.1 Å². The van der Waals surface area contributed by atoms with Crippen molar-refractivity contribution in [2.24, 2.45) is 5.10 Å². The molecule has 0 spiro atoms. The Hall–Kier alpha value is -4.90. The van der Waals surface area contributed by atoms with E-state index in [9.17, 15) is 9.59 Å². The number of halogens is 2. The highest BCUT2D eigenvalue weighted by molar-refractivity contribution is 7.14. The van der Waals surface area contributed by atoms with Crippen molar-refractivity contribution in [3.8, 4) is 22.8 Å². The Kier molecular flexibility index (Phi) is 10.1. The number of ether oxygens (including phenoxy) is 2. The fraction of sp³-hybridized carbons (Fsp3) is 0.0625. The molecule has 0 radical (unpaired) electrons. The van der Waals surface area contributed by atoms with Crippen molar-refractivity contribution < 1.29 is 19.1 Å². The minimum absolute atomic E-state index is 0.242. The molecular weight excluding hydrogens is 621 g/mol. The van der Waals surface area contributed by atoms with E-state index in [1.165, 1.54) is 24.7 Å². The van der Waals surface area contributed by atoms with Crippen LogP contribution in [0.25, 0.3) is 11.3 Å². The van der Waals surface area contributed by atoms with E-state index in [0.717, 1.165) is 22.1 Å². The van der Waals surface area contributed by atoms with Gasteiger partial charge in [-0.25, -0.2) is 10.4 Å². The summed E-state index contributed by atoms with van der Waals surface area (Å²) in [6.07, 6.45) is 1.48. The van der Waals surface area contributed by atoms with Crippen LogP contribution in [0.1, 0.15) is 15.9 Å². The lowest BCUT2D eigenvalue weighted by Gasteiger charge is -2.12. The molecule has 44 heavy (non-hydrogen) atoms. The second kappa shape index (κ2) is 14.5. The SMILES string of the molecule is COc1cc(/C=N\NC(=O)c2ccc(-c3csc(Nc4ccc(Cl)cc4)n3)cc2)ccc1OCC(=O)Nc1ccccc1Cl. The number of nitrogens with one attached hydrogen (secondary N) is 3. The van der Waals surface area contributed by atoms with Crippen LogP contribution in [0.3, 0.4) is 0 Å². The highest BCUT2D eigenvalue weighted by atomic mass is 35.5. The highest BCUT2D eigenvalue weighted by Crippen LogP contribution is 2.29. The lowest BCUT2D eigenvalue weighted by molar-refractivity contribution is -0.118. The van der Waals surface area contributed by atoms with E-state index in [4.69, 9.17) is 32.7 Å². The topological polar surface area (TPSA) is 114 Å². The van der Waals surface area contributed by atoms with E-state index in [2.05, 4.69) is 26.1 Å². The number of hydrogen-bond donors (Lipinski definition) is 3. The Labute approximate surface area is 267 Å². The van der Waals surface area contributed by atoms with E-state index in [1.807, 2.05) is 41.8 Å². The van der Waals surface area contributed by atoms with Crippen LogP contribution >= 0.6 is 34.5 Å². The summed E-state index contributed by atoms with van der Waals surface area (Å²) in [5, 5.41) is 13.8. The fourth-order valence-corrected chi connectivity index (χ4v) is 4.97. The third-order valence-corrected chi connectivity index (χ3v) is 7.46. The molecule has 0 aliphatic rings. The van der Waals surface area contributed by atoms with Crippen LogP contribution in [0.15, 0.2) is 101 Å². The van der Waals surface area contributed by atoms with Crippen molar-refractivity contribution in [2.75, 3.05) is 24.4 Å². The van der Waals surface area contributed by atoms with Crippen LogP contribution < -0.4 is 25.5 Å². The first kappa shape index (κ1) is 30.6. The minimum atomic E-state index is -0.371. The maximum Gasteiger partial charge on any atom is 0.271 e. The number of hydrazone groups is 1.